The maximum absolute atomic E-state index is 4.22. The van der Waals surface area contributed by atoms with Crippen molar-refractivity contribution in [2.75, 3.05) is 0 Å². The number of rotatable bonds is 1. The van der Waals surface area contributed by atoms with Gasteiger partial charge >= 0.3 is 0 Å². The molecule has 0 spiro atoms. The van der Waals surface area contributed by atoms with Gasteiger partial charge in [0.25, 0.3) is 0 Å². The first-order valence-electron chi connectivity index (χ1n) is 6.33. The smallest absolute Gasteiger partial charge is 0.0667 e. The first kappa shape index (κ1) is 10.4. The molecule has 3 heterocycles. The van der Waals surface area contributed by atoms with Crippen LogP contribution >= 0.6 is 0 Å². The number of hydrogen-bond donors (Lipinski definition) is 1. The van der Waals surface area contributed by atoms with Gasteiger partial charge in [-0.15, -0.1) is 0 Å². The van der Waals surface area contributed by atoms with Crippen molar-refractivity contribution < 1.29 is 0 Å². The number of aromatic nitrogens is 3. The van der Waals surface area contributed by atoms with Crippen LogP contribution in [0, 0.1) is 6.92 Å². The number of benzene rings is 1. The lowest BCUT2D eigenvalue weighted by molar-refractivity contribution is 0.962. The molecule has 0 radical (unpaired) electrons. The number of aryl methyl sites for hydroxylation is 1. The van der Waals surface area contributed by atoms with Crippen LogP contribution in [0.4, 0.5) is 0 Å². The van der Waals surface area contributed by atoms with Crippen LogP contribution in [0.1, 0.15) is 5.69 Å². The molecule has 3 heteroatoms. The van der Waals surface area contributed by atoms with Gasteiger partial charge in [-0.25, -0.2) is 4.52 Å². The first-order valence-corrected chi connectivity index (χ1v) is 6.33. The van der Waals surface area contributed by atoms with Crippen LogP contribution in [0.25, 0.3) is 27.5 Å². The summed E-state index contributed by atoms with van der Waals surface area (Å²) >= 11 is 0. The van der Waals surface area contributed by atoms with Crippen LogP contribution < -0.4 is 0 Å². The van der Waals surface area contributed by atoms with Crippen LogP contribution in [0.15, 0.2) is 54.9 Å². The standard InChI is InChI=1S/C16H13N3/c1-11-8-14-9-12(2-3-16(14)18-11)13-5-7-19-15(10-13)4-6-17-19/h2-10,18H,1H3. The van der Waals surface area contributed by atoms with Gasteiger partial charge in [0.1, 0.15) is 0 Å². The van der Waals surface area contributed by atoms with Crippen molar-refractivity contribution in [3.63, 3.8) is 0 Å². The Balaban J connectivity index is 1.91. The van der Waals surface area contributed by atoms with Crippen molar-refractivity contribution in [2.45, 2.75) is 6.92 Å². The van der Waals surface area contributed by atoms with Crippen molar-refractivity contribution in [3.8, 4) is 11.1 Å². The van der Waals surface area contributed by atoms with Gasteiger partial charge in [0.15, 0.2) is 0 Å². The predicted molar refractivity (Wildman–Crippen MR) is 77.2 cm³/mol. The van der Waals surface area contributed by atoms with E-state index in [1.807, 2.05) is 23.0 Å². The van der Waals surface area contributed by atoms with Crippen LogP contribution in [0.3, 0.4) is 0 Å². The molecule has 92 valence electrons. The van der Waals surface area contributed by atoms with Gasteiger partial charge in [-0.1, -0.05) is 6.07 Å². The van der Waals surface area contributed by atoms with E-state index in [4.69, 9.17) is 0 Å². The number of pyridine rings is 1. The Labute approximate surface area is 110 Å². The highest BCUT2D eigenvalue weighted by molar-refractivity contribution is 5.86. The largest absolute Gasteiger partial charge is 0.359 e. The van der Waals surface area contributed by atoms with E-state index < -0.39 is 0 Å². The van der Waals surface area contributed by atoms with Crippen LogP contribution in [-0.4, -0.2) is 14.6 Å². The molecule has 0 aliphatic carbocycles. The fraction of sp³-hybridized carbons (Fsp3) is 0.0625. The molecule has 0 aliphatic heterocycles. The maximum Gasteiger partial charge on any atom is 0.0667 e. The number of hydrogen-bond acceptors (Lipinski definition) is 1. The summed E-state index contributed by atoms with van der Waals surface area (Å²) in [5, 5.41) is 5.47. The van der Waals surface area contributed by atoms with E-state index in [0.29, 0.717) is 0 Å². The molecule has 1 aromatic carbocycles. The second-order valence-electron chi connectivity index (χ2n) is 4.87. The molecule has 0 fully saturated rings. The molecule has 0 saturated heterocycles. The van der Waals surface area contributed by atoms with Gasteiger partial charge in [0.2, 0.25) is 0 Å². The Morgan fingerprint density at radius 3 is 2.84 bits per heavy atom. The molecule has 0 saturated carbocycles. The highest BCUT2D eigenvalue weighted by Gasteiger charge is 2.03. The molecule has 19 heavy (non-hydrogen) atoms. The van der Waals surface area contributed by atoms with Gasteiger partial charge in [0.05, 0.1) is 5.52 Å². The summed E-state index contributed by atoms with van der Waals surface area (Å²) < 4.78 is 1.88. The van der Waals surface area contributed by atoms with E-state index in [-0.39, 0.29) is 0 Å². The van der Waals surface area contributed by atoms with Gasteiger partial charge < -0.3 is 4.98 Å². The number of fused-ring (bicyclic) bond motifs is 2. The van der Waals surface area contributed by atoms with E-state index in [1.165, 1.54) is 27.7 Å². The van der Waals surface area contributed by atoms with E-state index in [0.717, 1.165) is 5.52 Å². The molecule has 0 amide bonds. The average molecular weight is 247 g/mol. The Morgan fingerprint density at radius 1 is 1.00 bits per heavy atom. The van der Waals surface area contributed by atoms with Crippen molar-refractivity contribution in [3.05, 3.63) is 60.6 Å². The van der Waals surface area contributed by atoms with Gasteiger partial charge in [0, 0.05) is 29.0 Å². The fourth-order valence-electron chi connectivity index (χ4n) is 2.56. The molecule has 3 nitrogen and oxygen atoms in total. The second kappa shape index (κ2) is 3.72. The minimum Gasteiger partial charge on any atom is -0.359 e. The molecule has 4 aromatic rings. The highest BCUT2D eigenvalue weighted by atomic mass is 15.2. The molecular formula is C16H13N3. The van der Waals surface area contributed by atoms with Gasteiger partial charge in [-0.05, 0) is 54.4 Å². The summed E-state index contributed by atoms with van der Waals surface area (Å²) in [5.41, 5.74) is 5.94. The monoisotopic (exact) mass is 247 g/mol. The van der Waals surface area contributed by atoms with Gasteiger partial charge in [-0.2, -0.15) is 5.10 Å². The van der Waals surface area contributed by atoms with Crippen LogP contribution in [-0.2, 0) is 0 Å². The number of nitrogens with one attached hydrogen (secondary N) is 1. The summed E-state index contributed by atoms with van der Waals surface area (Å²) in [6.07, 6.45) is 3.81. The Hall–Kier alpha value is -2.55. The quantitative estimate of drug-likeness (QED) is 0.545. The normalized spacial score (nSPS) is 11.4. The third-order valence-corrected chi connectivity index (χ3v) is 3.49. The number of aromatic amines is 1. The predicted octanol–water partition coefficient (Wildman–Crippen LogP) is 3.79. The zero-order chi connectivity index (χ0) is 12.8. The average Bonchev–Trinajstić information content (AvgIpc) is 3.01. The maximum atomic E-state index is 4.22. The van der Waals surface area contributed by atoms with Crippen LogP contribution in [0.2, 0.25) is 0 Å². The van der Waals surface area contributed by atoms with Crippen molar-refractivity contribution in [1.29, 1.82) is 0 Å². The number of H-pyrrole nitrogens is 1. The zero-order valence-electron chi connectivity index (χ0n) is 10.6. The highest BCUT2D eigenvalue weighted by Crippen LogP contribution is 2.25. The third-order valence-electron chi connectivity index (χ3n) is 3.49. The summed E-state index contributed by atoms with van der Waals surface area (Å²) in [4.78, 5) is 3.35. The summed E-state index contributed by atoms with van der Waals surface area (Å²) in [6, 6.07) is 15.0. The minimum atomic E-state index is 1.11. The Kier molecular flexibility index (Phi) is 2.03. The summed E-state index contributed by atoms with van der Waals surface area (Å²) in [6.45, 7) is 2.08. The first-order chi connectivity index (χ1) is 9.29. The van der Waals surface area contributed by atoms with Crippen molar-refractivity contribution >= 4 is 16.4 Å². The van der Waals surface area contributed by atoms with Crippen molar-refractivity contribution in [1.82, 2.24) is 14.6 Å². The second-order valence-corrected chi connectivity index (χ2v) is 4.87. The Morgan fingerprint density at radius 2 is 1.89 bits per heavy atom. The molecule has 4 rings (SSSR count). The molecular weight excluding hydrogens is 234 g/mol. The minimum absolute atomic E-state index is 1.11. The lowest BCUT2D eigenvalue weighted by Crippen LogP contribution is -1.86. The topological polar surface area (TPSA) is 33.1 Å². The van der Waals surface area contributed by atoms with Crippen molar-refractivity contribution in [2.24, 2.45) is 0 Å². The Bertz CT molecular complexity index is 883. The summed E-state index contributed by atoms with van der Waals surface area (Å²) in [7, 11) is 0. The fourth-order valence-corrected chi connectivity index (χ4v) is 2.56. The molecule has 1 N–H and O–H groups in total. The molecule has 0 bridgehead atoms. The number of nitrogens with zero attached hydrogens (tertiary/aromatic N) is 2. The molecule has 0 unspecified atom stereocenters. The summed E-state index contributed by atoms with van der Waals surface area (Å²) in [5.74, 6) is 0. The van der Waals surface area contributed by atoms with E-state index in [2.05, 4.69) is 53.4 Å². The van der Waals surface area contributed by atoms with Gasteiger partial charge in [-0.3, -0.25) is 0 Å². The van der Waals surface area contributed by atoms with Crippen LogP contribution in [0.5, 0.6) is 0 Å². The zero-order valence-corrected chi connectivity index (χ0v) is 10.6. The van der Waals surface area contributed by atoms with E-state index in [9.17, 15) is 0 Å². The molecule has 0 atom stereocenters. The SMILES string of the molecule is Cc1cc2cc(-c3ccn4nccc4c3)ccc2[nH]1. The lowest BCUT2D eigenvalue weighted by Gasteiger charge is -2.03. The van der Waals surface area contributed by atoms with E-state index in [1.54, 1.807) is 0 Å². The van der Waals surface area contributed by atoms with E-state index >= 15 is 0 Å². The molecule has 3 aromatic heterocycles. The lowest BCUT2D eigenvalue weighted by atomic mass is 10.0. The third kappa shape index (κ3) is 1.63. The molecule has 0 aliphatic rings.